The van der Waals surface area contributed by atoms with Gasteiger partial charge < -0.3 is 15.3 Å². The quantitative estimate of drug-likeness (QED) is 0.529. The maximum Gasteiger partial charge on any atom is 2.00 e. The van der Waals surface area contributed by atoms with Crippen LogP contribution < -0.4 is 10.2 Å². The average molecular weight is 261 g/mol. The fourth-order valence-corrected chi connectivity index (χ4v) is 0.174. The molecule has 0 amide bonds. The zero-order chi connectivity index (χ0) is 13.9. The van der Waals surface area contributed by atoms with Gasteiger partial charge in [0.05, 0.1) is 0 Å². The second-order valence-corrected chi connectivity index (χ2v) is 3.77. The van der Waals surface area contributed by atoms with Crippen molar-refractivity contribution in [3.05, 3.63) is 0 Å². The minimum absolute atomic E-state index is 0. The first-order chi connectivity index (χ1) is 7.02. The van der Waals surface area contributed by atoms with E-state index in [2.05, 4.69) is 0 Å². The molecule has 0 aromatic heterocycles. The molecule has 1 N–H and O–H groups in total. The van der Waals surface area contributed by atoms with Crippen molar-refractivity contribution in [3.63, 3.8) is 0 Å². The molecule has 1 radical (unpaired) electrons. The Hall–Kier alpha value is -0.408. The topological polar surface area (TPSA) is 100 Å². The molecular formula is C11H22AlO5. The molecule has 99 valence electrons. The minimum atomic E-state index is -1.06. The van der Waals surface area contributed by atoms with E-state index in [-0.39, 0.29) is 23.1 Å². The van der Waals surface area contributed by atoms with Crippen LogP contribution in [0.3, 0.4) is 0 Å². The maximum atomic E-state index is 10.2. The Bertz CT molecular complexity index is 167. The monoisotopic (exact) mass is 261 g/mol. The molecule has 0 rings (SSSR count). The first kappa shape index (κ1) is 25.4. The van der Waals surface area contributed by atoms with E-state index < -0.39 is 24.1 Å². The van der Waals surface area contributed by atoms with Gasteiger partial charge in [0.1, 0.15) is 11.7 Å². The van der Waals surface area contributed by atoms with Gasteiger partial charge in [0, 0.05) is 0 Å². The van der Waals surface area contributed by atoms with Crippen LogP contribution in [0.25, 0.3) is 0 Å². The third-order valence-corrected chi connectivity index (χ3v) is 0.980. The van der Waals surface area contributed by atoms with Crippen molar-refractivity contribution in [2.24, 2.45) is 5.92 Å². The summed E-state index contributed by atoms with van der Waals surface area (Å²) >= 11 is 0. The van der Waals surface area contributed by atoms with Gasteiger partial charge >= 0.3 is 23.3 Å². The van der Waals surface area contributed by atoms with Gasteiger partial charge in [-0.15, -0.1) is 12.2 Å². The van der Waals surface area contributed by atoms with Gasteiger partial charge in [0.2, 0.25) is 0 Å². The van der Waals surface area contributed by atoms with Gasteiger partial charge in [-0.3, -0.25) is 9.59 Å². The Morgan fingerprint density at radius 1 is 0.941 bits per heavy atom. The number of carboxylic acids is 1. The van der Waals surface area contributed by atoms with Gasteiger partial charge in [-0.2, -0.15) is 0 Å². The molecular weight excluding hydrogens is 239 g/mol. The smallest absolute Gasteiger partial charge is 0.852 e. The van der Waals surface area contributed by atoms with Gasteiger partial charge in [0.15, 0.2) is 0 Å². The number of carboxylic acid groups (broad SMARTS) is 1. The van der Waals surface area contributed by atoms with Crippen LogP contribution in [0.1, 0.15) is 41.5 Å². The summed E-state index contributed by atoms with van der Waals surface area (Å²) < 4.78 is 0. The third-order valence-electron chi connectivity index (χ3n) is 0.980. The Balaban J connectivity index is -0.0000000806. The first-order valence-electron chi connectivity index (χ1n) is 5.07. The molecule has 0 saturated carbocycles. The van der Waals surface area contributed by atoms with Crippen LogP contribution in [0.2, 0.25) is 0 Å². The number of hydrogen-bond donors (Lipinski definition) is 1. The summed E-state index contributed by atoms with van der Waals surface area (Å²) in [5.74, 6) is -2.22. The summed E-state index contributed by atoms with van der Waals surface area (Å²) in [6.45, 7) is 9.07. The normalized spacial score (nSPS) is 10.2. The molecule has 17 heavy (non-hydrogen) atoms. The Morgan fingerprint density at radius 2 is 1.12 bits per heavy atom. The number of rotatable bonds is 2. The van der Waals surface area contributed by atoms with Crippen molar-refractivity contribution in [3.8, 4) is 0 Å². The summed E-state index contributed by atoms with van der Waals surface area (Å²) in [5, 5.41) is 27.2. The van der Waals surface area contributed by atoms with E-state index in [1.165, 1.54) is 13.8 Å². The molecule has 0 heterocycles. The van der Waals surface area contributed by atoms with E-state index in [1.54, 1.807) is 27.7 Å². The summed E-state index contributed by atoms with van der Waals surface area (Å²) in [6, 6.07) is 0. The van der Waals surface area contributed by atoms with Crippen LogP contribution in [0.15, 0.2) is 0 Å². The molecule has 0 aliphatic heterocycles. The van der Waals surface area contributed by atoms with E-state index >= 15 is 0 Å². The van der Waals surface area contributed by atoms with Crippen LogP contribution in [0, 0.1) is 5.92 Å². The zero-order valence-corrected chi connectivity index (χ0v) is 12.5. The predicted octanol–water partition coefficient (Wildman–Crippen LogP) is -0.574. The second kappa shape index (κ2) is 15.6. The van der Waals surface area contributed by atoms with E-state index in [1.807, 2.05) is 0 Å². The van der Waals surface area contributed by atoms with E-state index in [0.717, 1.165) is 0 Å². The van der Waals surface area contributed by atoms with Crippen LogP contribution in [-0.4, -0.2) is 46.4 Å². The molecule has 6 heteroatoms. The zero-order valence-electron chi connectivity index (χ0n) is 11.4. The van der Waals surface area contributed by atoms with Crippen LogP contribution in [0.4, 0.5) is 0 Å². The Kier molecular flexibility index (Phi) is 23.3. The van der Waals surface area contributed by atoms with Crippen LogP contribution in [0.5, 0.6) is 0 Å². The molecule has 0 saturated heterocycles. The van der Waals surface area contributed by atoms with Crippen molar-refractivity contribution < 1.29 is 24.9 Å². The number of carbonyl (C=O) groups excluding carboxylic acids is 1. The van der Waals surface area contributed by atoms with E-state index in [0.29, 0.717) is 0 Å². The predicted molar refractivity (Wildman–Crippen MR) is 63.5 cm³/mol. The average Bonchev–Trinajstić information content (AvgIpc) is 2.00. The molecule has 0 fully saturated rings. The molecule has 0 aliphatic rings. The third kappa shape index (κ3) is 50.0. The van der Waals surface area contributed by atoms with Gasteiger partial charge in [-0.05, 0) is 13.8 Å². The van der Waals surface area contributed by atoms with Crippen molar-refractivity contribution >= 4 is 29.1 Å². The molecule has 0 spiro atoms. The summed E-state index contributed by atoms with van der Waals surface area (Å²) in [5.41, 5.74) is 0. The van der Waals surface area contributed by atoms with Gasteiger partial charge in [-0.1, -0.05) is 27.7 Å². The Labute approximate surface area is 114 Å². The summed E-state index contributed by atoms with van der Waals surface area (Å²) in [7, 11) is 0. The van der Waals surface area contributed by atoms with Gasteiger partial charge in [-0.25, -0.2) is 0 Å². The maximum absolute atomic E-state index is 10.2. The second-order valence-electron chi connectivity index (χ2n) is 3.77. The fraction of sp³-hybridized carbons (Fsp3) is 0.818. The number of aliphatic carboxylic acids is 1. The number of carbonyl (C=O) groups is 2. The van der Waals surface area contributed by atoms with Crippen molar-refractivity contribution in [2.75, 3.05) is 0 Å². The number of Topliss-reactive ketones (excluding diaryl/α,β-unsaturated/α-hetero) is 1. The molecule has 5 nitrogen and oxygen atoms in total. The molecule has 0 bridgehead atoms. The molecule has 1 atom stereocenters. The minimum Gasteiger partial charge on any atom is -0.852 e. The molecule has 1 unspecified atom stereocenters. The van der Waals surface area contributed by atoms with Crippen molar-refractivity contribution in [1.82, 2.24) is 0 Å². The summed E-state index contributed by atoms with van der Waals surface area (Å²) in [4.78, 5) is 20.1. The first-order valence-corrected chi connectivity index (χ1v) is 5.07. The van der Waals surface area contributed by atoms with Crippen LogP contribution >= 0.6 is 0 Å². The van der Waals surface area contributed by atoms with E-state index in [4.69, 9.17) is 5.11 Å². The fourth-order valence-electron chi connectivity index (χ4n) is 0.174. The number of hydrogen-bond acceptors (Lipinski definition) is 4. The standard InChI is InChI=1S/C5H8O3.2C3H7O.Al/c1-3(4(2)6)5(7)8;2*1-3(2)4;/h3H,1-2H3,(H,7,8);2*3H,1-2H3;/q;2*-1;+2. The number of ketones is 1. The Morgan fingerprint density at radius 3 is 1.12 bits per heavy atom. The summed E-state index contributed by atoms with van der Waals surface area (Å²) in [6.07, 6.45) is -0.833. The molecule has 0 aromatic rings. The van der Waals surface area contributed by atoms with Crippen molar-refractivity contribution in [1.29, 1.82) is 0 Å². The van der Waals surface area contributed by atoms with Gasteiger partial charge in [0.25, 0.3) is 0 Å². The molecule has 0 aliphatic carbocycles. The van der Waals surface area contributed by atoms with Crippen molar-refractivity contribution in [2.45, 2.75) is 53.8 Å². The SMILES string of the molecule is CC(=O)C(C)C(=O)O.CC(C)[O-].CC(C)[O-].[Al+2]. The molecule has 0 aromatic carbocycles. The van der Waals surface area contributed by atoms with E-state index in [9.17, 15) is 19.8 Å². The van der Waals surface area contributed by atoms with Crippen LogP contribution in [-0.2, 0) is 9.59 Å². The largest absolute Gasteiger partial charge is 2.00 e.